The Labute approximate surface area is 143 Å². The van der Waals surface area contributed by atoms with E-state index in [1.54, 1.807) is 4.90 Å². The van der Waals surface area contributed by atoms with Gasteiger partial charge in [0.15, 0.2) is 11.5 Å². The Bertz CT molecular complexity index is 613. The van der Waals surface area contributed by atoms with Crippen molar-refractivity contribution in [1.82, 2.24) is 10.2 Å². The van der Waals surface area contributed by atoms with Crippen molar-refractivity contribution in [2.75, 3.05) is 26.8 Å². The highest BCUT2D eigenvalue weighted by molar-refractivity contribution is 5.73. The average molecular weight is 330 g/mol. The summed E-state index contributed by atoms with van der Waals surface area (Å²) < 4.78 is 11.1. The number of ether oxygens (including phenoxy) is 2. The fourth-order valence-corrected chi connectivity index (χ4v) is 3.13. The summed E-state index contributed by atoms with van der Waals surface area (Å²) in [7, 11) is 1.81. The number of benzene rings is 1. The molecule has 0 radical (unpaired) electrons. The van der Waals surface area contributed by atoms with Gasteiger partial charge in [0.25, 0.3) is 0 Å². The number of hydrogen-bond acceptors (Lipinski definition) is 3. The van der Waals surface area contributed by atoms with Crippen LogP contribution in [-0.4, -0.2) is 37.7 Å². The number of hydrogen-bond donors (Lipinski definition) is 1. The molecule has 0 saturated heterocycles. The average Bonchev–Trinajstić information content (AvgIpc) is 2.62. The minimum absolute atomic E-state index is 0.0405. The number of carbonyl (C=O) groups excluding carboxylic acids is 1. The summed E-state index contributed by atoms with van der Waals surface area (Å²) in [5.74, 6) is 1.54. The van der Waals surface area contributed by atoms with Gasteiger partial charge < -0.3 is 19.7 Å². The Balaban J connectivity index is 1.46. The van der Waals surface area contributed by atoms with Crippen molar-refractivity contribution in [2.24, 2.45) is 0 Å². The quantitative estimate of drug-likeness (QED) is 0.841. The van der Waals surface area contributed by atoms with Crippen LogP contribution >= 0.6 is 0 Å². The predicted octanol–water partition coefficient (Wildman–Crippen LogP) is 3.49. The highest BCUT2D eigenvalue weighted by Gasteiger charge is 2.14. The molecule has 3 rings (SSSR count). The molecule has 1 aliphatic carbocycles. The summed E-state index contributed by atoms with van der Waals surface area (Å²) in [5.41, 5.74) is 2.52. The zero-order valence-corrected chi connectivity index (χ0v) is 14.3. The molecule has 0 fully saturated rings. The largest absolute Gasteiger partial charge is 0.486 e. The van der Waals surface area contributed by atoms with Crippen molar-refractivity contribution in [1.29, 1.82) is 0 Å². The zero-order valence-electron chi connectivity index (χ0n) is 14.3. The molecule has 0 saturated carbocycles. The number of urea groups is 1. The minimum Gasteiger partial charge on any atom is -0.486 e. The lowest BCUT2D eigenvalue weighted by molar-refractivity contribution is 0.171. The number of carbonyl (C=O) groups is 1. The lowest BCUT2D eigenvalue weighted by Crippen LogP contribution is -2.37. The van der Waals surface area contributed by atoms with Gasteiger partial charge in [-0.05, 0) is 49.8 Å². The van der Waals surface area contributed by atoms with Gasteiger partial charge >= 0.3 is 6.03 Å². The Morgan fingerprint density at radius 2 is 2.04 bits per heavy atom. The maximum atomic E-state index is 12.2. The fourth-order valence-electron chi connectivity index (χ4n) is 3.13. The van der Waals surface area contributed by atoms with Gasteiger partial charge in [-0.3, -0.25) is 0 Å². The number of nitrogens with zero attached hydrogens (tertiary/aromatic N) is 1. The van der Waals surface area contributed by atoms with E-state index in [1.165, 1.54) is 31.3 Å². The monoisotopic (exact) mass is 330 g/mol. The van der Waals surface area contributed by atoms with E-state index >= 15 is 0 Å². The van der Waals surface area contributed by atoms with Crippen LogP contribution < -0.4 is 14.8 Å². The van der Waals surface area contributed by atoms with E-state index in [0.29, 0.717) is 26.3 Å². The van der Waals surface area contributed by atoms with E-state index in [9.17, 15) is 4.79 Å². The van der Waals surface area contributed by atoms with Gasteiger partial charge in [0.1, 0.15) is 13.2 Å². The molecule has 130 valence electrons. The smallest absolute Gasteiger partial charge is 0.317 e. The second kappa shape index (κ2) is 8.08. The van der Waals surface area contributed by atoms with Crippen molar-refractivity contribution in [2.45, 2.75) is 38.6 Å². The molecule has 2 amide bonds. The van der Waals surface area contributed by atoms with Gasteiger partial charge in [0.05, 0.1) is 0 Å². The van der Waals surface area contributed by atoms with Crippen LogP contribution in [0.25, 0.3) is 0 Å². The first-order valence-corrected chi connectivity index (χ1v) is 8.78. The first kappa shape index (κ1) is 16.7. The minimum atomic E-state index is -0.0405. The van der Waals surface area contributed by atoms with Crippen molar-refractivity contribution in [3.05, 3.63) is 35.4 Å². The van der Waals surface area contributed by atoms with Gasteiger partial charge in [-0.25, -0.2) is 4.79 Å². The molecule has 1 aliphatic heterocycles. The normalized spacial score (nSPS) is 16.3. The molecule has 1 aromatic rings. The van der Waals surface area contributed by atoms with Gasteiger partial charge in [0, 0.05) is 20.1 Å². The van der Waals surface area contributed by atoms with Gasteiger partial charge in [-0.15, -0.1) is 0 Å². The lowest BCUT2D eigenvalue weighted by atomic mass is 9.97. The van der Waals surface area contributed by atoms with Gasteiger partial charge in [0.2, 0.25) is 0 Å². The summed E-state index contributed by atoms with van der Waals surface area (Å²) in [4.78, 5) is 13.9. The van der Waals surface area contributed by atoms with E-state index < -0.39 is 0 Å². The molecule has 24 heavy (non-hydrogen) atoms. The van der Waals surface area contributed by atoms with Gasteiger partial charge in [-0.1, -0.05) is 17.7 Å². The molecule has 1 N–H and O–H groups in total. The molecular weight excluding hydrogens is 304 g/mol. The highest BCUT2D eigenvalue weighted by Crippen LogP contribution is 2.31. The zero-order chi connectivity index (χ0) is 16.8. The fraction of sp³-hybridized carbons (Fsp3) is 0.526. The highest BCUT2D eigenvalue weighted by atomic mass is 16.6. The van der Waals surface area contributed by atoms with Crippen LogP contribution in [0.2, 0.25) is 0 Å². The summed E-state index contributed by atoms with van der Waals surface area (Å²) >= 11 is 0. The second-order valence-corrected chi connectivity index (χ2v) is 6.42. The number of rotatable bonds is 5. The van der Waals surface area contributed by atoms with Crippen LogP contribution in [0.15, 0.2) is 29.8 Å². The predicted molar refractivity (Wildman–Crippen MR) is 93.5 cm³/mol. The van der Waals surface area contributed by atoms with Gasteiger partial charge in [-0.2, -0.15) is 0 Å². The summed E-state index contributed by atoms with van der Waals surface area (Å²) in [6.45, 7) is 2.41. The first-order chi connectivity index (χ1) is 11.7. The lowest BCUT2D eigenvalue weighted by Gasteiger charge is -2.21. The molecule has 1 heterocycles. The van der Waals surface area contributed by atoms with Crippen LogP contribution in [0.4, 0.5) is 4.79 Å². The van der Waals surface area contributed by atoms with Crippen molar-refractivity contribution in [3.8, 4) is 11.5 Å². The molecule has 0 atom stereocenters. The Hall–Kier alpha value is -2.17. The van der Waals surface area contributed by atoms with Crippen molar-refractivity contribution < 1.29 is 14.3 Å². The Morgan fingerprint density at radius 1 is 1.21 bits per heavy atom. The molecule has 0 unspecified atom stereocenters. The number of fused-ring (bicyclic) bond motifs is 1. The van der Waals surface area contributed by atoms with Crippen molar-refractivity contribution in [3.63, 3.8) is 0 Å². The molecular formula is C19H26N2O3. The summed E-state index contributed by atoms with van der Waals surface area (Å²) in [6, 6.07) is 5.79. The maximum Gasteiger partial charge on any atom is 0.317 e. The third-order valence-corrected chi connectivity index (χ3v) is 4.48. The topological polar surface area (TPSA) is 50.8 Å². The first-order valence-electron chi connectivity index (χ1n) is 8.78. The summed E-state index contributed by atoms with van der Waals surface area (Å²) in [6.07, 6.45) is 8.24. The van der Waals surface area contributed by atoms with Crippen LogP contribution in [-0.2, 0) is 6.54 Å². The SMILES string of the molecule is CN(Cc1ccc2c(c1)OCCO2)C(=O)NCCC1=CCCCC1. The maximum absolute atomic E-state index is 12.2. The Morgan fingerprint density at radius 3 is 2.83 bits per heavy atom. The second-order valence-electron chi connectivity index (χ2n) is 6.42. The molecule has 5 heteroatoms. The number of allylic oxidation sites excluding steroid dienone is 1. The van der Waals surface area contributed by atoms with Crippen LogP contribution in [0.3, 0.4) is 0 Å². The van der Waals surface area contributed by atoms with E-state index in [4.69, 9.17) is 9.47 Å². The van der Waals surface area contributed by atoms with Crippen LogP contribution in [0.1, 0.15) is 37.7 Å². The summed E-state index contributed by atoms with van der Waals surface area (Å²) in [5, 5.41) is 3.00. The molecule has 1 aromatic carbocycles. The molecule has 5 nitrogen and oxygen atoms in total. The van der Waals surface area contributed by atoms with Crippen molar-refractivity contribution >= 4 is 6.03 Å². The molecule has 2 aliphatic rings. The van der Waals surface area contributed by atoms with Crippen LogP contribution in [0.5, 0.6) is 11.5 Å². The number of nitrogens with one attached hydrogen (secondary N) is 1. The van der Waals surface area contributed by atoms with Crippen LogP contribution in [0, 0.1) is 0 Å². The molecule has 0 bridgehead atoms. The van der Waals surface area contributed by atoms with E-state index in [0.717, 1.165) is 23.5 Å². The third kappa shape index (κ3) is 4.43. The molecule has 0 spiro atoms. The standard InChI is InChI=1S/C19H26N2O3/c1-21(19(22)20-10-9-15-5-3-2-4-6-15)14-16-7-8-17-18(13-16)24-12-11-23-17/h5,7-8,13H,2-4,6,9-12,14H2,1H3,(H,20,22). The third-order valence-electron chi connectivity index (χ3n) is 4.48. The molecule has 0 aromatic heterocycles. The number of amides is 2. The Kier molecular flexibility index (Phi) is 5.62. The van der Waals surface area contributed by atoms with E-state index in [-0.39, 0.29) is 6.03 Å². The van der Waals surface area contributed by atoms with E-state index in [2.05, 4.69) is 11.4 Å². The van der Waals surface area contributed by atoms with E-state index in [1.807, 2.05) is 25.2 Å².